The first-order valence-corrected chi connectivity index (χ1v) is 6.62. The van der Waals surface area contributed by atoms with Crippen molar-refractivity contribution < 1.29 is 9.90 Å². The van der Waals surface area contributed by atoms with Crippen molar-refractivity contribution in [2.24, 2.45) is 11.8 Å². The predicted molar refractivity (Wildman–Crippen MR) is 69.1 cm³/mol. The number of carboxylic acids is 1. The maximum atomic E-state index is 10.8. The number of aliphatic carboxylic acids is 1. The van der Waals surface area contributed by atoms with E-state index in [2.05, 4.69) is 24.1 Å². The van der Waals surface area contributed by atoms with E-state index in [9.17, 15) is 4.79 Å². The molecule has 1 heterocycles. The summed E-state index contributed by atoms with van der Waals surface area (Å²) < 4.78 is 0. The van der Waals surface area contributed by atoms with Gasteiger partial charge in [-0.3, -0.25) is 4.79 Å². The first kappa shape index (κ1) is 14.5. The molecule has 0 aromatic carbocycles. The van der Waals surface area contributed by atoms with Crippen molar-refractivity contribution in [1.29, 1.82) is 0 Å². The molecule has 4 heteroatoms. The fraction of sp³-hybridized carbons (Fsp3) is 0.923. The van der Waals surface area contributed by atoms with Crippen LogP contribution in [0.3, 0.4) is 0 Å². The summed E-state index contributed by atoms with van der Waals surface area (Å²) in [5, 5.41) is 12.3. The highest BCUT2D eigenvalue weighted by Gasteiger charge is 2.25. The van der Waals surface area contributed by atoms with Crippen molar-refractivity contribution >= 4 is 5.97 Å². The van der Waals surface area contributed by atoms with Gasteiger partial charge in [-0.2, -0.15) is 0 Å². The summed E-state index contributed by atoms with van der Waals surface area (Å²) in [5.41, 5.74) is 0. The van der Waals surface area contributed by atoms with Crippen molar-refractivity contribution in [3.8, 4) is 0 Å². The minimum atomic E-state index is -0.722. The Kier molecular flexibility index (Phi) is 5.40. The Bertz CT molecular complexity index is 256. The quantitative estimate of drug-likeness (QED) is 0.739. The van der Waals surface area contributed by atoms with Crippen LogP contribution < -0.4 is 5.32 Å². The number of carbonyl (C=O) groups is 1. The fourth-order valence-electron chi connectivity index (χ4n) is 2.24. The summed E-state index contributed by atoms with van der Waals surface area (Å²) >= 11 is 0. The van der Waals surface area contributed by atoms with Gasteiger partial charge in [0.2, 0.25) is 0 Å². The number of nitrogens with zero attached hydrogens (tertiary/aromatic N) is 1. The zero-order valence-electron chi connectivity index (χ0n) is 11.4. The maximum absolute atomic E-state index is 10.8. The monoisotopic (exact) mass is 242 g/mol. The van der Waals surface area contributed by atoms with Crippen molar-refractivity contribution in [2.75, 3.05) is 19.6 Å². The average Bonchev–Trinajstić information content (AvgIpc) is 2.73. The van der Waals surface area contributed by atoms with E-state index in [1.165, 1.54) is 13.0 Å². The van der Waals surface area contributed by atoms with Crippen LogP contribution in [0.2, 0.25) is 0 Å². The molecule has 0 radical (unpaired) electrons. The minimum absolute atomic E-state index is 0.0422. The Balaban J connectivity index is 2.26. The maximum Gasteiger partial charge on any atom is 0.307 e. The molecule has 0 amide bonds. The number of carboxylic acid groups (broad SMARTS) is 1. The Hall–Kier alpha value is -0.610. The summed E-state index contributed by atoms with van der Waals surface area (Å²) in [6.45, 7) is 11.4. The lowest BCUT2D eigenvalue weighted by molar-refractivity contribution is -0.141. The smallest absolute Gasteiger partial charge is 0.307 e. The molecule has 1 saturated heterocycles. The molecule has 17 heavy (non-hydrogen) atoms. The molecule has 2 N–H and O–H groups in total. The van der Waals surface area contributed by atoms with Crippen LogP contribution in [0.1, 0.15) is 34.1 Å². The van der Waals surface area contributed by atoms with Crippen LogP contribution in [0.25, 0.3) is 0 Å². The summed E-state index contributed by atoms with van der Waals surface area (Å²) in [4.78, 5) is 13.3. The van der Waals surface area contributed by atoms with Gasteiger partial charge in [0.25, 0.3) is 0 Å². The molecule has 0 saturated carbocycles. The SMILES string of the molecule is CC(NCC1CCN(C(C)C)C1)C(C)C(=O)O. The third-order valence-corrected chi connectivity index (χ3v) is 3.92. The van der Waals surface area contributed by atoms with Gasteiger partial charge < -0.3 is 15.3 Å². The molecule has 4 nitrogen and oxygen atoms in total. The van der Waals surface area contributed by atoms with E-state index < -0.39 is 5.97 Å². The second kappa shape index (κ2) is 6.36. The Morgan fingerprint density at radius 1 is 1.41 bits per heavy atom. The van der Waals surface area contributed by atoms with E-state index >= 15 is 0 Å². The van der Waals surface area contributed by atoms with Crippen molar-refractivity contribution in [2.45, 2.75) is 46.2 Å². The summed E-state index contributed by atoms with van der Waals surface area (Å²) in [6.07, 6.45) is 1.22. The van der Waals surface area contributed by atoms with E-state index in [-0.39, 0.29) is 12.0 Å². The number of nitrogens with one attached hydrogen (secondary N) is 1. The number of likely N-dealkylation sites (tertiary alicyclic amines) is 1. The van der Waals surface area contributed by atoms with Crippen LogP contribution >= 0.6 is 0 Å². The topological polar surface area (TPSA) is 52.6 Å². The van der Waals surface area contributed by atoms with Crippen LogP contribution in [-0.4, -0.2) is 47.7 Å². The molecule has 1 fully saturated rings. The molecule has 0 aromatic heterocycles. The largest absolute Gasteiger partial charge is 0.481 e. The molecule has 1 aliphatic rings. The van der Waals surface area contributed by atoms with E-state index in [4.69, 9.17) is 5.11 Å². The number of hydrogen-bond donors (Lipinski definition) is 2. The van der Waals surface area contributed by atoms with Gasteiger partial charge in [-0.25, -0.2) is 0 Å². The molecule has 1 rings (SSSR count). The van der Waals surface area contributed by atoms with E-state index in [0.717, 1.165) is 13.1 Å². The first-order chi connectivity index (χ1) is 7.91. The molecule has 1 aliphatic heterocycles. The van der Waals surface area contributed by atoms with Crippen LogP contribution in [0.15, 0.2) is 0 Å². The molecule has 3 unspecified atom stereocenters. The van der Waals surface area contributed by atoms with Gasteiger partial charge in [0.1, 0.15) is 0 Å². The molecular formula is C13H26N2O2. The second-order valence-electron chi connectivity index (χ2n) is 5.57. The molecule has 0 aromatic rings. The third kappa shape index (κ3) is 4.28. The zero-order chi connectivity index (χ0) is 13.0. The standard InChI is InChI=1S/C13H26N2O2/c1-9(2)15-6-5-12(8-15)7-14-11(4)10(3)13(16)17/h9-12,14H,5-8H2,1-4H3,(H,16,17). The number of hydrogen-bond acceptors (Lipinski definition) is 3. The van der Waals surface area contributed by atoms with E-state index in [1.54, 1.807) is 6.92 Å². The van der Waals surface area contributed by atoms with Crippen LogP contribution in [-0.2, 0) is 4.79 Å². The van der Waals surface area contributed by atoms with Gasteiger partial charge >= 0.3 is 5.97 Å². The molecule has 0 bridgehead atoms. The second-order valence-corrected chi connectivity index (χ2v) is 5.57. The van der Waals surface area contributed by atoms with Gasteiger partial charge in [-0.05, 0) is 46.2 Å². The predicted octanol–water partition coefficient (Wildman–Crippen LogP) is 1.42. The van der Waals surface area contributed by atoms with Crippen LogP contribution in [0.4, 0.5) is 0 Å². The Labute approximate surface area is 104 Å². The van der Waals surface area contributed by atoms with Gasteiger partial charge in [0.05, 0.1) is 5.92 Å². The highest BCUT2D eigenvalue weighted by molar-refractivity contribution is 5.70. The minimum Gasteiger partial charge on any atom is -0.481 e. The highest BCUT2D eigenvalue weighted by atomic mass is 16.4. The van der Waals surface area contributed by atoms with Crippen molar-refractivity contribution in [1.82, 2.24) is 10.2 Å². The lowest BCUT2D eigenvalue weighted by Gasteiger charge is -2.22. The molecule has 3 atom stereocenters. The molecule has 100 valence electrons. The summed E-state index contributed by atoms with van der Waals surface area (Å²) in [6, 6.07) is 0.663. The Morgan fingerprint density at radius 2 is 2.06 bits per heavy atom. The lowest BCUT2D eigenvalue weighted by Crippen LogP contribution is -2.39. The van der Waals surface area contributed by atoms with Crippen LogP contribution in [0.5, 0.6) is 0 Å². The van der Waals surface area contributed by atoms with E-state index in [1.807, 2.05) is 6.92 Å². The highest BCUT2D eigenvalue weighted by Crippen LogP contribution is 2.18. The fourth-order valence-corrected chi connectivity index (χ4v) is 2.24. The van der Waals surface area contributed by atoms with Crippen molar-refractivity contribution in [3.05, 3.63) is 0 Å². The van der Waals surface area contributed by atoms with Crippen molar-refractivity contribution in [3.63, 3.8) is 0 Å². The van der Waals surface area contributed by atoms with E-state index in [0.29, 0.717) is 12.0 Å². The van der Waals surface area contributed by atoms with Gasteiger partial charge in [-0.15, -0.1) is 0 Å². The molecule has 0 aliphatic carbocycles. The van der Waals surface area contributed by atoms with Gasteiger partial charge in [0, 0.05) is 18.6 Å². The first-order valence-electron chi connectivity index (χ1n) is 6.62. The molecular weight excluding hydrogens is 216 g/mol. The third-order valence-electron chi connectivity index (χ3n) is 3.92. The Morgan fingerprint density at radius 3 is 2.53 bits per heavy atom. The van der Waals surface area contributed by atoms with Gasteiger partial charge in [-0.1, -0.05) is 6.92 Å². The number of rotatable bonds is 6. The van der Waals surface area contributed by atoms with Crippen LogP contribution in [0, 0.1) is 11.8 Å². The normalized spacial score (nSPS) is 25.1. The average molecular weight is 242 g/mol. The van der Waals surface area contributed by atoms with Gasteiger partial charge in [0.15, 0.2) is 0 Å². The summed E-state index contributed by atoms with van der Waals surface area (Å²) in [7, 11) is 0. The summed E-state index contributed by atoms with van der Waals surface area (Å²) in [5.74, 6) is -0.376. The lowest BCUT2D eigenvalue weighted by atomic mass is 10.0. The molecule has 0 spiro atoms. The zero-order valence-corrected chi connectivity index (χ0v) is 11.4.